The summed E-state index contributed by atoms with van der Waals surface area (Å²) in [5.74, 6) is -0.924. The molecule has 7 heterocycles. The Labute approximate surface area is 316 Å². The molecular weight excluding hydrogens is 734 g/mol. The van der Waals surface area contributed by atoms with Crippen LogP contribution in [0.25, 0.3) is 22.2 Å². The number of anilines is 1. The van der Waals surface area contributed by atoms with Gasteiger partial charge in [-0.1, -0.05) is 12.2 Å². The van der Waals surface area contributed by atoms with E-state index in [0.717, 1.165) is 23.4 Å². The Morgan fingerprint density at radius 3 is 2.53 bits per heavy atom. The molecule has 0 amide bonds. The Bertz CT molecular complexity index is 1960. The van der Waals surface area contributed by atoms with Crippen molar-refractivity contribution in [3.63, 3.8) is 0 Å². The number of hydrogen-bond donors (Lipinski definition) is 5. The van der Waals surface area contributed by atoms with Crippen molar-refractivity contribution in [1.29, 1.82) is 0 Å². The van der Waals surface area contributed by atoms with E-state index in [4.69, 9.17) is 45.1 Å². The Morgan fingerprint density at radius 1 is 1.04 bits per heavy atom. The molecule has 0 aromatic carbocycles. The van der Waals surface area contributed by atoms with E-state index in [1.807, 2.05) is 0 Å². The topological polar surface area (TPSA) is 233 Å². The number of aromatic amines is 1. The molecule has 4 aromatic rings. The van der Waals surface area contributed by atoms with Crippen LogP contribution in [-0.4, -0.2) is 153 Å². The monoisotopic (exact) mass is 756 g/mol. The van der Waals surface area contributed by atoms with Crippen LogP contribution in [0, 0.1) is 5.82 Å². The van der Waals surface area contributed by atoms with Crippen LogP contribution in [0.5, 0.6) is 0 Å². The molecule has 3 aliphatic heterocycles. The van der Waals surface area contributed by atoms with Gasteiger partial charge in [-0.15, -0.1) is 0 Å². The third-order valence-electron chi connectivity index (χ3n) is 7.40. The van der Waals surface area contributed by atoms with Gasteiger partial charge in [0.05, 0.1) is 25.9 Å². The maximum Gasteiger partial charge on any atom is 0.386 e. The molecule has 3 aliphatic rings. The van der Waals surface area contributed by atoms with Crippen LogP contribution in [0.1, 0.15) is 12.5 Å². The van der Waals surface area contributed by atoms with Gasteiger partial charge in [0.25, 0.3) is 5.56 Å². The Hall–Kier alpha value is -0.460. The van der Waals surface area contributed by atoms with Crippen molar-refractivity contribution < 1.29 is 50.9 Å². The second-order valence-electron chi connectivity index (χ2n) is 10.1. The number of imidazole rings is 1. The second-order valence-corrected chi connectivity index (χ2v) is 15.8. The number of nitrogens with zero attached hydrogens (tertiary/aromatic N) is 6. The summed E-state index contributed by atoms with van der Waals surface area (Å²) in [4.78, 5) is 41.4. The molecule has 0 saturated carbocycles. The van der Waals surface area contributed by atoms with Crippen molar-refractivity contribution in [3.8, 4) is 0 Å². The van der Waals surface area contributed by atoms with Gasteiger partial charge in [0.2, 0.25) is 0 Å². The third-order valence-corrected chi connectivity index (χ3v) is 10.6. The molecule has 7 rings (SSSR count). The summed E-state index contributed by atoms with van der Waals surface area (Å²) in [6.45, 7) is -10.1. The average molecular weight is 757 g/mol. The van der Waals surface area contributed by atoms with Gasteiger partial charge in [0.15, 0.2) is 41.6 Å². The third kappa shape index (κ3) is 7.07. The van der Waals surface area contributed by atoms with E-state index < -0.39 is 92.6 Å². The van der Waals surface area contributed by atoms with Gasteiger partial charge in [-0.3, -0.25) is 22.9 Å². The van der Waals surface area contributed by atoms with E-state index in [1.165, 1.54) is 10.9 Å². The molecule has 3 unspecified atom stereocenters. The van der Waals surface area contributed by atoms with Crippen LogP contribution in [0.4, 0.5) is 14.6 Å². The minimum atomic E-state index is -4.46. The number of nitrogen functional groups attached to an aromatic ring is 1. The van der Waals surface area contributed by atoms with E-state index in [9.17, 15) is 23.7 Å². The smallest absolute Gasteiger partial charge is 0.386 e. The molecule has 18 nitrogen and oxygen atoms in total. The quantitative estimate of drug-likeness (QED) is 0.104. The fourth-order valence-corrected chi connectivity index (χ4v) is 8.27. The van der Waals surface area contributed by atoms with E-state index >= 15 is 4.39 Å². The van der Waals surface area contributed by atoms with Crippen molar-refractivity contribution >= 4 is 125 Å². The summed E-state index contributed by atoms with van der Waals surface area (Å²) in [6.07, 6.45) is -8.28. The summed E-state index contributed by atoms with van der Waals surface area (Å²) in [5.41, 5.74) is 5.17. The molecule has 3 fully saturated rings. The number of alkyl halides is 1. The van der Waals surface area contributed by atoms with E-state index in [0.29, 0.717) is 0 Å². The van der Waals surface area contributed by atoms with Crippen molar-refractivity contribution in [2.24, 2.45) is 0 Å². The van der Waals surface area contributed by atoms with E-state index in [1.54, 1.807) is 0 Å². The number of nitrogens with two attached hydrogens (primary N) is 1. The minimum Gasteiger partial charge on any atom is -0.387 e. The second kappa shape index (κ2) is 14.3. The van der Waals surface area contributed by atoms with Gasteiger partial charge in [0, 0.05) is 65.3 Å². The number of rotatable bonds is 2. The van der Waals surface area contributed by atoms with Crippen LogP contribution in [-0.2, 0) is 43.9 Å². The molecule has 2 radical (unpaired) electrons. The molecular formula is C21H22F2N8Na2O10P2S2. The van der Waals surface area contributed by atoms with Gasteiger partial charge >= 0.3 is 13.5 Å². The standard InChI is InChI=1S/C21H22F2N8O10P2S2.2Na/c22-7-1-30(17-10(7)19(33)28-5-26-17)21-15-13(32)8(38-21)2-36-42(34,44)40-14-9(3-37-43(35,45)41-15)39-20(11(14)23)31-6-29-12-16(24)25-4-27-18(12)31;;/h1,4-6,8-9,11,13-15,20-21,32H,2-3H2,(H,34,44)(H,35,45)(H2,24,25,27)(H,26,28,33);;/t8-,9-,11-,13?,14-,15-,20-,21-,42?,43?;;/m1../s1. The van der Waals surface area contributed by atoms with E-state index in [2.05, 4.69) is 37.2 Å². The fraction of sp³-hybridized carbons (Fsp3) is 0.476. The molecule has 0 spiro atoms. The molecule has 5 N–H and O–H groups in total. The number of hydrogen-bond acceptors (Lipinski definition) is 15. The number of thiol groups is 1. The number of nitrogens with one attached hydrogen (secondary N) is 1. The zero-order chi connectivity index (χ0) is 31.8. The number of halogens is 2. The van der Waals surface area contributed by atoms with Crippen molar-refractivity contribution in [2.45, 2.75) is 49.1 Å². The molecule has 47 heavy (non-hydrogen) atoms. The number of ether oxygens (including phenoxy) is 2. The predicted octanol–water partition coefficient (Wildman–Crippen LogP) is 0.0899. The summed E-state index contributed by atoms with van der Waals surface area (Å²) in [7, 11) is 0. The fourth-order valence-electron chi connectivity index (χ4n) is 5.37. The van der Waals surface area contributed by atoms with Gasteiger partial charge < -0.3 is 39.3 Å². The largest absolute Gasteiger partial charge is 0.387 e. The Balaban J connectivity index is 0.00000217. The van der Waals surface area contributed by atoms with Gasteiger partial charge in [-0.2, -0.15) is 0 Å². The van der Waals surface area contributed by atoms with Crippen LogP contribution in [0.3, 0.4) is 0 Å². The molecule has 4 aromatic heterocycles. The van der Waals surface area contributed by atoms with Gasteiger partial charge in [0.1, 0.15) is 47.8 Å². The number of aliphatic hydroxyl groups is 1. The Kier molecular flexibility index (Phi) is 11.5. The molecule has 244 valence electrons. The van der Waals surface area contributed by atoms with E-state index in [-0.39, 0.29) is 81.7 Å². The zero-order valence-corrected chi connectivity index (χ0v) is 31.8. The summed E-state index contributed by atoms with van der Waals surface area (Å²) >= 11 is 9.15. The zero-order valence-electron chi connectivity index (χ0n) is 24.3. The number of aliphatic hydroxyl groups excluding tert-OH is 1. The average Bonchev–Trinajstić information content (AvgIpc) is 3.71. The number of H-pyrrole nitrogens is 1. The molecule has 26 heteroatoms. The van der Waals surface area contributed by atoms with Crippen LogP contribution < -0.4 is 11.3 Å². The summed E-state index contributed by atoms with van der Waals surface area (Å²) in [5, 5.41) is 10.7. The van der Waals surface area contributed by atoms with Crippen LogP contribution in [0.15, 0.2) is 30.0 Å². The maximum absolute atomic E-state index is 16.0. The number of fused-ring (bicyclic) bond motifs is 5. The van der Waals surface area contributed by atoms with Crippen LogP contribution >= 0.6 is 25.8 Å². The molecule has 0 aliphatic carbocycles. The van der Waals surface area contributed by atoms with Crippen molar-refractivity contribution in [3.05, 3.63) is 41.3 Å². The SMILES string of the molecule is Nc1ncnc2c1ncn2[C@@H]1O[C@@H]2COP(=O)(S)O[C@@H]3C(O)[C@@H](COP(O)(=S)O[C@H]2[C@H]1F)O[C@H]3n1cc(F)c2c(=O)[nH]cnc21.[Na].[Na]. The predicted molar refractivity (Wildman–Crippen MR) is 165 cm³/mol. The summed E-state index contributed by atoms with van der Waals surface area (Å²) in [6, 6.07) is 0. The molecule has 10 atom stereocenters. The first-order valence-electron chi connectivity index (χ1n) is 12.9. The molecule has 2 bridgehead atoms. The first kappa shape index (κ1) is 37.8. The Morgan fingerprint density at radius 2 is 1.77 bits per heavy atom. The van der Waals surface area contributed by atoms with Crippen molar-refractivity contribution in [2.75, 3.05) is 18.9 Å². The minimum absolute atomic E-state index is 0. The first-order valence-corrected chi connectivity index (χ1v) is 18.2. The van der Waals surface area contributed by atoms with Gasteiger partial charge in [-0.05, 0) is 11.8 Å². The normalized spacial score (nSPS) is 36.1. The summed E-state index contributed by atoms with van der Waals surface area (Å²) < 4.78 is 80.2. The van der Waals surface area contributed by atoms with Crippen molar-refractivity contribution in [1.82, 2.24) is 34.1 Å². The molecule has 3 saturated heterocycles. The number of aromatic nitrogens is 7. The van der Waals surface area contributed by atoms with Gasteiger partial charge in [-0.25, -0.2) is 33.3 Å². The van der Waals surface area contributed by atoms with Crippen LogP contribution in [0.2, 0.25) is 0 Å². The maximum atomic E-state index is 16.0. The first-order chi connectivity index (χ1) is 21.3.